The number of anilines is 1. The second-order valence-corrected chi connectivity index (χ2v) is 6.18. The Hall–Kier alpha value is -1.20. The lowest BCUT2D eigenvalue weighted by Gasteiger charge is -2.05. The van der Waals surface area contributed by atoms with E-state index in [0.29, 0.717) is 5.13 Å². The third kappa shape index (κ3) is 3.92. The van der Waals surface area contributed by atoms with E-state index in [0.717, 1.165) is 30.2 Å². The summed E-state index contributed by atoms with van der Waals surface area (Å²) in [4.78, 5) is 4.20. The number of benzene rings is 1. The van der Waals surface area contributed by atoms with Crippen molar-refractivity contribution in [3.8, 4) is 5.75 Å². The zero-order valence-corrected chi connectivity index (χ0v) is 11.9. The number of para-hydroxylation sites is 1. The van der Waals surface area contributed by atoms with Crippen LogP contribution in [0.15, 0.2) is 34.5 Å². The molecule has 0 radical (unpaired) electrons. The number of rotatable bonds is 6. The molecule has 1 aromatic heterocycles. The Morgan fingerprint density at radius 1 is 1.33 bits per heavy atom. The predicted octanol–water partition coefficient (Wildman–Crippen LogP) is 3.59. The van der Waals surface area contributed by atoms with E-state index < -0.39 is 0 Å². The summed E-state index contributed by atoms with van der Waals surface area (Å²) >= 11 is 3.36. The minimum Gasteiger partial charge on any atom is -0.494 e. The Bertz CT molecular complexity index is 485. The molecule has 0 aliphatic rings. The quantitative estimate of drug-likeness (QED) is 0.649. The van der Waals surface area contributed by atoms with Crippen molar-refractivity contribution in [2.45, 2.75) is 17.6 Å². The number of nitrogens with zero attached hydrogens (tertiary/aromatic N) is 1. The fourth-order valence-corrected chi connectivity index (χ4v) is 3.48. The summed E-state index contributed by atoms with van der Waals surface area (Å²) in [5, 5.41) is 0.649. The van der Waals surface area contributed by atoms with Crippen molar-refractivity contribution in [3.05, 3.63) is 36.0 Å². The molecule has 3 nitrogen and oxygen atoms in total. The molecule has 0 aliphatic heterocycles. The number of thioether (sulfide) groups is 1. The first-order valence-corrected chi connectivity index (χ1v) is 7.59. The van der Waals surface area contributed by atoms with Crippen LogP contribution in [0.4, 0.5) is 5.13 Å². The van der Waals surface area contributed by atoms with Gasteiger partial charge in [-0.15, -0.1) is 11.8 Å². The number of hydrogen-bond donors (Lipinski definition) is 1. The molecule has 18 heavy (non-hydrogen) atoms. The summed E-state index contributed by atoms with van der Waals surface area (Å²) in [6, 6.07) is 9.89. The van der Waals surface area contributed by atoms with Gasteiger partial charge < -0.3 is 10.5 Å². The highest BCUT2D eigenvalue weighted by atomic mass is 32.2. The molecule has 0 aliphatic carbocycles. The molecule has 1 aromatic carbocycles. The molecular weight excluding hydrogens is 264 g/mol. The number of nitrogens with two attached hydrogens (primary N) is 1. The number of hydrogen-bond acceptors (Lipinski definition) is 5. The van der Waals surface area contributed by atoms with E-state index in [1.54, 1.807) is 23.1 Å². The molecule has 2 rings (SSSR count). The van der Waals surface area contributed by atoms with E-state index in [2.05, 4.69) is 4.98 Å². The summed E-state index contributed by atoms with van der Waals surface area (Å²) in [5.74, 6) is 1.95. The third-order valence-electron chi connectivity index (χ3n) is 2.30. The maximum Gasteiger partial charge on any atom is 0.181 e. The lowest BCUT2D eigenvalue weighted by molar-refractivity contribution is 0.319. The Morgan fingerprint density at radius 2 is 2.11 bits per heavy atom. The van der Waals surface area contributed by atoms with Crippen LogP contribution in [0.5, 0.6) is 5.75 Å². The number of nitrogen functional groups attached to an aromatic ring is 1. The first-order chi connectivity index (χ1) is 8.75. The van der Waals surface area contributed by atoms with Gasteiger partial charge in [0.1, 0.15) is 5.75 Å². The first kappa shape index (κ1) is 13.2. The topological polar surface area (TPSA) is 48.1 Å². The fourth-order valence-electron chi connectivity index (χ4n) is 1.47. The van der Waals surface area contributed by atoms with Crippen molar-refractivity contribution in [1.29, 1.82) is 0 Å². The van der Waals surface area contributed by atoms with Crippen molar-refractivity contribution < 1.29 is 4.74 Å². The SMILES string of the molecule is Cc1nc(N)sc1SCCCOc1ccccc1. The van der Waals surface area contributed by atoms with Gasteiger partial charge in [-0.25, -0.2) is 4.98 Å². The lowest BCUT2D eigenvalue weighted by Crippen LogP contribution is -1.98. The zero-order chi connectivity index (χ0) is 12.8. The van der Waals surface area contributed by atoms with Gasteiger partial charge in [-0.1, -0.05) is 29.5 Å². The third-order valence-corrected chi connectivity index (χ3v) is 4.74. The molecule has 0 bridgehead atoms. The van der Waals surface area contributed by atoms with Crippen LogP contribution in [0.25, 0.3) is 0 Å². The average Bonchev–Trinajstić information content (AvgIpc) is 2.69. The molecule has 0 fully saturated rings. The molecule has 0 spiro atoms. The average molecular weight is 280 g/mol. The van der Waals surface area contributed by atoms with Gasteiger partial charge in [0.15, 0.2) is 5.13 Å². The summed E-state index contributed by atoms with van der Waals surface area (Å²) in [6.07, 6.45) is 1.01. The zero-order valence-electron chi connectivity index (χ0n) is 10.3. The fraction of sp³-hybridized carbons (Fsp3) is 0.308. The van der Waals surface area contributed by atoms with Crippen LogP contribution >= 0.6 is 23.1 Å². The van der Waals surface area contributed by atoms with Crippen LogP contribution in [-0.2, 0) is 0 Å². The largest absolute Gasteiger partial charge is 0.494 e. The maximum atomic E-state index is 5.66. The molecule has 0 atom stereocenters. The molecule has 5 heteroatoms. The van der Waals surface area contributed by atoms with Gasteiger partial charge in [0.2, 0.25) is 0 Å². The smallest absolute Gasteiger partial charge is 0.181 e. The van der Waals surface area contributed by atoms with Gasteiger partial charge in [-0.2, -0.15) is 0 Å². The van der Waals surface area contributed by atoms with Gasteiger partial charge in [-0.05, 0) is 25.5 Å². The highest BCUT2D eigenvalue weighted by Gasteiger charge is 2.05. The maximum absolute atomic E-state index is 5.66. The number of thiazole rings is 1. The molecule has 96 valence electrons. The van der Waals surface area contributed by atoms with E-state index >= 15 is 0 Å². The second kappa shape index (κ2) is 6.66. The molecular formula is C13H16N2OS2. The Kier molecular flexibility index (Phi) is 4.90. The molecule has 2 aromatic rings. The normalized spacial score (nSPS) is 10.5. The van der Waals surface area contributed by atoms with Crippen LogP contribution in [0.3, 0.4) is 0 Å². The molecule has 0 unspecified atom stereocenters. The summed E-state index contributed by atoms with van der Waals surface area (Å²) < 4.78 is 6.84. The van der Waals surface area contributed by atoms with Crippen molar-refractivity contribution in [3.63, 3.8) is 0 Å². The summed E-state index contributed by atoms with van der Waals surface area (Å²) in [6.45, 7) is 2.74. The molecule has 1 heterocycles. The van der Waals surface area contributed by atoms with Crippen LogP contribution in [0.1, 0.15) is 12.1 Å². The Balaban J connectivity index is 1.66. The Labute approximate surface area is 115 Å². The van der Waals surface area contributed by atoms with E-state index in [9.17, 15) is 0 Å². The first-order valence-electron chi connectivity index (χ1n) is 5.79. The summed E-state index contributed by atoms with van der Waals surface area (Å²) in [5.41, 5.74) is 6.69. The van der Waals surface area contributed by atoms with E-state index in [1.807, 2.05) is 37.3 Å². The van der Waals surface area contributed by atoms with Gasteiger partial charge in [0.25, 0.3) is 0 Å². The lowest BCUT2D eigenvalue weighted by atomic mass is 10.3. The molecule has 2 N–H and O–H groups in total. The van der Waals surface area contributed by atoms with E-state index in [4.69, 9.17) is 10.5 Å². The Morgan fingerprint density at radius 3 is 2.78 bits per heavy atom. The predicted molar refractivity (Wildman–Crippen MR) is 78.5 cm³/mol. The van der Waals surface area contributed by atoms with E-state index in [1.165, 1.54) is 4.21 Å². The van der Waals surface area contributed by atoms with Crippen molar-refractivity contribution >= 4 is 28.2 Å². The van der Waals surface area contributed by atoms with Crippen molar-refractivity contribution in [1.82, 2.24) is 4.98 Å². The van der Waals surface area contributed by atoms with E-state index in [-0.39, 0.29) is 0 Å². The minimum absolute atomic E-state index is 0.649. The van der Waals surface area contributed by atoms with Crippen LogP contribution in [0, 0.1) is 6.92 Å². The van der Waals surface area contributed by atoms with Crippen LogP contribution in [-0.4, -0.2) is 17.3 Å². The van der Waals surface area contributed by atoms with Crippen LogP contribution in [0.2, 0.25) is 0 Å². The van der Waals surface area contributed by atoms with Gasteiger partial charge in [0.05, 0.1) is 16.5 Å². The van der Waals surface area contributed by atoms with Crippen molar-refractivity contribution in [2.75, 3.05) is 18.1 Å². The summed E-state index contributed by atoms with van der Waals surface area (Å²) in [7, 11) is 0. The van der Waals surface area contributed by atoms with Crippen LogP contribution < -0.4 is 10.5 Å². The molecule has 0 saturated carbocycles. The highest BCUT2D eigenvalue weighted by Crippen LogP contribution is 2.30. The van der Waals surface area contributed by atoms with Gasteiger partial charge in [0, 0.05) is 5.75 Å². The number of aromatic nitrogens is 1. The number of ether oxygens (including phenoxy) is 1. The van der Waals surface area contributed by atoms with Gasteiger partial charge >= 0.3 is 0 Å². The molecule has 0 saturated heterocycles. The number of aryl methyl sites for hydroxylation is 1. The highest BCUT2D eigenvalue weighted by molar-refractivity contribution is 8.01. The monoisotopic (exact) mass is 280 g/mol. The standard InChI is InChI=1S/C13H16N2OS2/c1-10-12(18-13(14)15-10)17-9-5-8-16-11-6-3-2-4-7-11/h2-4,6-7H,5,8-9H2,1H3,(H2,14,15). The second-order valence-electron chi connectivity index (χ2n) is 3.79. The minimum atomic E-state index is 0.649. The van der Waals surface area contributed by atoms with Crippen molar-refractivity contribution in [2.24, 2.45) is 0 Å². The van der Waals surface area contributed by atoms with Gasteiger partial charge in [-0.3, -0.25) is 0 Å². The molecule has 0 amide bonds.